The Labute approximate surface area is 110 Å². The second-order valence-electron chi connectivity index (χ2n) is 4.84. The summed E-state index contributed by atoms with van der Waals surface area (Å²) in [5.74, 6) is 0.291. The van der Waals surface area contributed by atoms with Crippen LogP contribution in [0, 0.1) is 0 Å². The van der Waals surface area contributed by atoms with Gasteiger partial charge in [0.1, 0.15) is 0 Å². The van der Waals surface area contributed by atoms with Gasteiger partial charge in [0.25, 0.3) is 0 Å². The van der Waals surface area contributed by atoms with E-state index in [1.807, 2.05) is 18.8 Å². The molecule has 1 unspecified atom stereocenters. The van der Waals surface area contributed by atoms with Crippen molar-refractivity contribution in [2.75, 3.05) is 26.4 Å². The number of rotatable bonds is 6. The minimum Gasteiger partial charge on any atom is -0.340 e. The van der Waals surface area contributed by atoms with Gasteiger partial charge in [0.2, 0.25) is 5.91 Å². The summed E-state index contributed by atoms with van der Waals surface area (Å²) in [5, 5.41) is 3.13. The van der Waals surface area contributed by atoms with Gasteiger partial charge in [0, 0.05) is 17.8 Å². The number of piperidine rings is 1. The smallest absolute Gasteiger partial charge is 0.239 e. The van der Waals surface area contributed by atoms with Gasteiger partial charge in [0.15, 0.2) is 0 Å². The lowest BCUT2D eigenvalue weighted by atomic mass is 9.98. The molecule has 17 heavy (non-hydrogen) atoms. The minimum atomic E-state index is 0.0389. The van der Waals surface area contributed by atoms with Crippen molar-refractivity contribution in [3.05, 3.63) is 0 Å². The topological polar surface area (TPSA) is 32.3 Å². The summed E-state index contributed by atoms with van der Waals surface area (Å²) >= 11 is 1.91. The Morgan fingerprint density at radius 1 is 1.47 bits per heavy atom. The fourth-order valence-electron chi connectivity index (χ4n) is 2.54. The Hall–Kier alpha value is -0.220. The lowest BCUT2D eigenvalue weighted by molar-refractivity contribution is -0.136. The molecule has 0 aromatic carbocycles. The molecule has 0 spiro atoms. The molecule has 1 fully saturated rings. The zero-order valence-electron chi connectivity index (χ0n) is 11.6. The van der Waals surface area contributed by atoms with Crippen molar-refractivity contribution >= 4 is 17.7 Å². The predicted octanol–water partition coefficient (Wildman–Crippen LogP) is 2.12. The summed E-state index contributed by atoms with van der Waals surface area (Å²) in [5.41, 5.74) is 0. The summed E-state index contributed by atoms with van der Waals surface area (Å²) in [6.45, 7) is 6.28. The summed E-state index contributed by atoms with van der Waals surface area (Å²) in [6.07, 6.45) is 6.51. The number of carbonyl (C=O) groups is 1. The van der Waals surface area contributed by atoms with Crippen molar-refractivity contribution in [1.82, 2.24) is 10.2 Å². The van der Waals surface area contributed by atoms with Crippen LogP contribution in [-0.4, -0.2) is 48.0 Å². The van der Waals surface area contributed by atoms with Crippen LogP contribution in [-0.2, 0) is 4.79 Å². The Kier molecular flexibility index (Phi) is 5.80. The van der Waals surface area contributed by atoms with Crippen molar-refractivity contribution in [2.24, 2.45) is 0 Å². The highest BCUT2D eigenvalue weighted by Gasteiger charge is 2.34. The average molecular weight is 258 g/mol. The van der Waals surface area contributed by atoms with Crippen LogP contribution in [0.2, 0.25) is 0 Å². The molecule has 1 N–H and O–H groups in total. The van der Waals surface area contributed by atoms with Crippen molar-refractivity contribution in [3.8, 4) is 0 Å². The van der Waals surface area contributed by atoms with Gasteiger partial charge in [-0.15, -0.1) is 0 Å². The maximum absolute atomic E-state index is 12.2. The van der Waals surface area contributed by atoms with Gasteiger partial charge in [0.05, 0.1) is 6.04 Å². The van der Waals surface area contributed by atoms with E-state index >= 15 is 0 Å². The number of carbonyl (C=O) groups excluding carboxylic acids is 1. The molecular formula is C13H26N2OS. The highest BCUT2D eigenvalue weighted by atomic mass is 32.2. The van der Waals surface area contributed by atoms with Crippen LogP contribution in [0.4, 0.5) is 0 Å². The Morgan fingerprint density at radius 2 is 2.12 bits per heavy atom. The van der Waals surface area contributed by atoms with E-state index in [1.54, 1.807) is 0 Å². The molecular weight excluding hydrogens is 232 g/mol. The number of likely N-dealkylation sites (N-methyl/N-ethyl adjacent to an activating group) is 1. The number of likely N-dealkylation sites (tertiary alicyclic amines) is 1. The van der Waals surface area contributed by atoms with E-state index < -0.39 is 0 Å². The van der Waals surface area contributed by atoms with Crippen LogP contribution < -0.4 is 5.32 Å². The molecule has 1 heterocycles. The van der Waals surface area contributed by atoms with E-state index in [0.29, 0.717) is 5.91 Å². The van der Waals surface area contributed by atoms with Crippen LogP contribution in [0.25, 0.3) is 0 Å². The lowest BCUT2D eigenvalue weighted by Gasteiger charge is -2.39. The highest BCUT2D eigenvalue weighted by Crippen LogP contribution is 2.32. The van der Waals surface area contributed by atoms with Crippen LogP contribution in [0.15, 0.2) is 0 Å². The molecule has 0 aromatic rings. The van der Waals surface area contributed by atoms with Gasteiger partial charge in [-0.2, -0.15) is 11.8 Å². The lowest BCUT2D eigenvalue weighted by Crippen LogP contribution is -2.53. The van der Waals surface area contributed by atoms with E-state index in [1.165, 1.54) is 0 Å². The molecule has 0 bridgehead atoms. The van der Waals surface area contributed by atoms with Gasteiger partial charge in [-0.05, 0) is 39.0 Å². The number of thioether (sulfide) groups is 1. The molecule has 0 radical (unpaired) electrons. The third-order valence-corrected chi connectivity index (χ3v) is 5.65. The molecule has 1 amide bonds. The molecule has 3 nitrogen and oxygen atoms in total. The summed E-state index contributed by atoms with van der Waals surface area (Å²) in [6, 6.07) is 0.0389. The van der Waals surface area contributed by atoms with Gasteiger partial charge < -0.3 is 10.2 Å². The fraction of sp³-hybridized carbons (Fsp3) is 0.923. The van der Waals surface area contributed by atoms with E-state index in [0.717, 1.165) is 38.8 Å². The summed E-state index contributed by atoms with van der Waals surface area (Å²) in [7, 11) is 1.88. The largest absolute Gasteiger partial charge is 0.340 e. The quantitative estimate of drug-likeness (QED) is 0.792. The van der Waals surface area contributed by atoms with Crippen molar-refractivity contribution in [3.63, 3.8) is 0 Å². The SMILES string of the molecule is CCC(CC)(CN1CCCC(NC)C1=O)SC. The van der Waals surface area contributed by atoms with E-state index in [9.17, 15) is 4.79 Å². The average Bonchev–Trinajstić information content (AvgIpc) is 2.38. The molecule has 1 rings (SSSR count). The Balaban J connectivity index is 2.69. The molecule has 0 aliphatic carbocycles. The van der Waals surface area contributed by atoms with Crippen molar-refractivity contribution in [1.29, 1.82) is 0 Å². The summed E-state index contributed by atoms with van der Waals surface area (Å²) in [4.78, 5) is 14.3. The molecule has 1 atom stereocenters. The number of hydrogen-bond acceptors (Lipinski definition) is 3. The van der Waals surface area contributed by atoms with E-state index in [-0.39, 0.29) is 10.8 Å². The summed E-state index contributed by atoms with van der Waals surface area (Å²) < 4.78 is 0.241. The molecule has 1 aliphatic rings. The van der Waals surface area contributed by atoms with Crippen molar-refractivity contribution in [2.45, 2.75) is 50.3 Å². The van der Waals surface area contributed by atoms with Gasteiger partial charge >= 0.3 is 0 Å². The number of hydrogen-bond donors (Lipinski definition) is 1. The maximum atomic E-state index is 12.2. The van der Waals surface area contributed by atoms with Gasteiger partial charge in [-0.3, -0.25) is 4.79 Å². The van der Waals surface area contributed by atoms with E-state index in [4.69, 9.17) is 0 Å². The molecule has 0 saturated carbocycles. The first-order chi connectivity index (χ1) is 8.12. The molecule has 100 valence electrons. The Bertz CT molecular complexity index is 246. The highest BCUT2D eigenvalue weighted by molar-refractivity contribution is 8.00. The zero-order valence-corrected chi connectivity index (χ0v) is 12.4. The molecule has 0 aromatic heterocycles. The first kappa shape index (κ1) is 14.8. The molecule has 4 heteroatoms. The second-order valence-corrected chi connectivity index (χ2v) is 6.11. The van der Waals surface area contributed by atoms with Crippen LogP contribution in [0.3, 0.4) is 0 Å². The molecule has 1 saturated heterocycles. The van der Waals surface area contributed by atoms with Crippen LogP contribution in [0.5, 0.6) is 0 Å². The van der Waals surface area contributed by atoms with E-state index in [2.05, 4.69) is 30.3 Å². The zero-order chi connectivity index (χ0) is 12.9. The fourth-order valence-corrected chi connectivity index (χ4v) is 3.40. The molecule has 1 aliphatic heterocycles. The van der Waals surface area contributed by atoms with Crippen LogP contribution in [0.1, 0.15) is 39.5 Å². The number of amides is 1. The monoisotopic (exact) mass is 258 g/mol. The number of nitrogens with zero attached hydrogens (tertiary/aromatic N) is 1. The second kappa shape index (κ2) is 6.64. The normalized spacial score (nSPS) is 22.0. The first-order valence-corrected chi connectivity index (χ1v) is 7.86. The number of nitrogens with one attached hydrogen (secondary N) is 1. The predicted molar refractivity (Wildman–Crippen MR) is 75.5 cm³/mol. The third kappa shape index (κ3) is 3.38. The Morgan fingerprint density at radius 3 is 2.59 bits per heavy atom. The van der Waals surface area contributed by atoms with Crippen LogP contribution >= 0.6 is 11.8 Å². The minimum absolute atomic E-state index is 0.0389. The standard InChI is InChI=1S/C13H26N2OS/c1-5-13(6-2,17-4)10-15-9-7-8-11(14-3)12(15)16/h11,14H,5-10H2,1-4H3. The maximum Gasteiger partial charge on any atom is 0.239 e. The van der Waals surface area contributed by atoms with Crippen molar-refractivity contribution < 1.29 is 4.79 Å². The van der Waals surface area contributed by atoms with Gasteiger partial charge in [-0.25, -0.2) is 0 Å². The third-order valence-electron chi connectivity index (χ3n) is 4.08. The van der Waals surface area contributed by atoms with Gasteiger partial charge in [-0.1, -0.05) is 13.8 Å². The first-order valence-electron chi connectivity index (χ1n) is 6.63.